The fraction of sp³-hybridized carbons (Fsp3) is 0.0270. The monoisotopic (exact) mass is 545 g/mol. The molecule has 0 aliphatic rings. The Labute approximate surface area is 239 Å². The largest absolute Gasteiger partial charge is 0.344 e. The minimum Gasteiger partial charge on any atom is -0.344 e. The zero-order chi connectivity index (χ0) is 26.4. The molecule has 1 nitrogen and oxygen atoms in total. The summed E-state index contributed by atoms with van der Waals surface area (Å²) in [5.41, 5.74) is 7.68. The average Bonchev–Trinajstić information content (AvgIpc) is 3.66. The first kappa shape index (κ1) is 22.4. The highest BCUT2D eigenvalue weighted by Gasteiger charge is 2.17. The topological polar surface area (TPSA) is 4.93 Å². The molecule has 188 valence electrons. The maximum absolute atomic E-state index is 2.43. The Morgan fingerprint density at radius 3 is 2.08 bits per heavy atom. The van der Waals surface area contributed by atoms with Crippen molar-refractivity contribution in [2.24, 2.45) is 7.05 Å². The minimum absolute atomic E-state index is 1.26. The SMILES string of the molecule is Cn1c2ccc(-c3cccc4c3sc3ccc(-c5ccccc5)cc34)cc2c2c3sc4ccccc4c3ccc21. The average molecular weight is 546 g/mol. The van der Waals surface area contributed by atoms with Crippen molar-refractivity contribution in [3.63, 3.8) is 0 Å². The lowest BCUT2D eigenvalue weighted by atomic mass is 9.99. The van der Waals surface area contributed by atoms with E-state index in [9.17, 15) is 0 Å². The van der Waals surface area contributed by atoms with E-state index in [0.29, 0.717) is 0 Å². The van der Waals surface area contributed by atoms with Crippen LogP contribution in [0.4, 0.5) is 0 Å². The van der Waals surface area contributed by atoms with Crippen molar-refractivity contribution in [1.29, 1.82) is 0 Å². The predicted octanol–water partition coefficient (Wildman–Crippen LogP) is 11.4. The van der Waals surface area contributed by atoms with Crippen LogP contribution >= 0.6 is 22.7 Å². The summed E-state index contributed by atoms with van der Waals surface area (Å²) < 4.78 is 7.77. The van der Waals surface area contributed by atoms with Crippen LogP contribution in [-0.2, 0) is 7.05 Å². The van der Waals surface area contributed by atoms with Gasteiger partial charge in [0.15, 0.2) is 0 Å². The van der Waals surface area contributed by atoms with Gasteiger partial charge < -0.3 is 4.57 Å². The standard InChI is InChI=1S/C37H23NS2/c1-38-31-17-14-24(21-30(31)35-32(38)18-16-28-26-10-5-6-13-33(26)40-37(28)35)25-11-7-12-27-29-20-23(22-8-3-2-4-9-22)15-19-34(29)39-36(25)27/h2-21H,1H3. The third-order valence-electron chi connectivity index (χ3n) is 8.43. The van der Waals surface area contributed by atoms with Crippen molar-refractivity contribution < 1.29 is 0 Å². The molecule has 0 spiro atoms. The molecule has 40 heavy (non-hydrogen) atoms. The molecule has 3 heteroatoms. The van der Waals surface area contributed by atoms with Crippen molar-refractivity contribution in [3.05, 3.63) is 121 Å². The molecule has 3 aromatic heterocycles. The molecule has 9 aromatic rings. The van der Waals surface area contributed by atoms with E-state index in [1.807, 2.05) is 22.7 Å². The van der Waals surface area contributed by atoms with Crippen LogP contribution in [0.2, 0.25) is 0 Å². The molecule has 0 amide bonds. The number of aromatic nitrogens is 1. The van der Waals surface area contributed by atoms with E-state index < -0.39 is 0 Å². The summed E-state index contributed by atoms with van der Waals surface area (Å²) in [6, 6.07) is 44.8. The summed E-state index contributed by atoms with van der Waals surface area (Å²) in [6.45, 7) is 0. The van der Waals surface area contributed by atoms with Crippen molar-refractivity contribution in [1.82, 2.24) is 4.57 Å². The first-order valence-corrected chi connectivity index (χ1v) is 15.2. The molecule has 3 heterocycles. The number of hydrogen-bond donors (Lipinski definition) is 0. The highest BCUT2D eigenvalue weighted by atomic mass is 32.1. The van der Waals surface area contributed by atoms with E-state index in [2.05, 4.69) is 133 Å². The molecule has 0 fully saturated rings. The summed E-state index contributed by atoms with van der Waals surface area (Å²) in [5, 5.41) is 8.07. The number of fused-ring (bicyclic) bond motifs is 10. The van der Waals surface area contributed by atoms with Crippen molar-refractivity contribution in [2.45, 2.75) is 0 Å². The second kappa shape index (κ2) is 8.28. The van der Waals surface area contributed by atoms with E-state index in [-0.39, 0.29) is 0 Å². The molecular formula is C37H23NS2. The highest BCUT2D eigenvalue weighted by molar-refractivity contribution is 7.27. The van der Waals surface area contributed by atoms with E-state index in [1.54, 1.807) is 0 Å². The lowest BCUT2D eigenvalue weighted by Gasteiger charge is -2.05. The summed E-state index contributed by atoms with van der Waals surface area (Å²) in [4.78, 5) is 0. The maximum atomic E-state index is 2.43. The van der Waals surface area contributed by atoms with Gasteiger partial charge in [0, 0.05) is 63.7 Å². The number of thiophene rings is 2. The molecule has 0 radical (unpaired) electrons. The Morgan fingerprint density at radius 2 is 1.15 bits per heavy atom. The Balaban J connectivity index is 1.30. The second-order valence-electron chi connectivity index (χ2n) is 10.6. The molecule has 0 atom stereocenters. The van der Waals surface area contributed by atoms with Gasteiger partial charge in [-0.05, 0) is 58.7 Å². The number of hydrogen-bond acceptors (Lipinski definition) is 2. The van der Waals surface area contributed by atoms with Gasteiger partial charge in [0.05, 0.1) is 5.52 Å². The second-order valence-corrected chi connectivity index (χ2v) is 12.7. The summed E-state index contributed by atoms with van der Waals surface area (Å²) in [6.07, 6.45) is 0. The van der Waals surface area contributed by atoms with Crippen LogP contribution in [0, 0.1) is 0 Å². The van der Waals surface area contributed by atoms with E-state index in [4.69, 9.17) is 0 Å². The van der Waals surface area contributed by atoms with Crippen LogP contribution in [0.1, 0.15) is 0 Å². The van der Waals surface area contributed by atoms with Gasteiger partial charge in [0.25, 0.3) is 0 Å². The molecule has 0 aliphatic carbocycles. The predicted molar refractivity (Wildman–Crippen MR) is 177 cm³/mol. The lowest BCUT2D eigenvalue weighted by Crippen LogP contribution is -1.86. The summed E-state index contributed by atoms with van der Waals surface area (Å²) in [5.74, 6) is 0. The number of benzene rings is 6. The van der Waals surface area contributed by atoms with E-state index in [1.165, 1.54) is 84.4 Å². The molecule has 9 rings (SSSR count). The van der Waals surface area contributed by atoms with Gasteiger partial charge >= 0.3 is 0 Å². The van der Waals surface area contributed by atoms with Crippen molar-refractivity contribution >= 4 is 84.8 Å². The third-order valence-corrected chi connectivity index (χ3v) is 10.9. The van der Waals surface area contributed by atoms with Gasteiger partial charge in [-0.3, -0.25) is 0 Å². The first-order valence-electron chi connectivity index (χ1n) is 13.6. The zero-order valence-electron chi connectivity index (χ0n) is 21.8. The Hall–Kier alpha value is -4.44. The van der Waals surface area contributed by atoms with Gasteiger partial charge in [-0.25, -0.2) is 0 Å². The summed E-state index contributed by atoms with van der Waals surface area (Å²) in [7, 11) is 2.19. The molecule has 0 saturated carbocycles. The van der Waals surface area contributed by atoms with Crippen LogP contribution in [-0.4, -0.2) is 4.57 Å². The van der Waals surface area contributed by atoms with Gasteiger partial charge in [-0.15, -0.1) is 22.7 Å². The molecule has 0 N–H and O–H groups in total. The van der Waals surface area contributed by atoms with Gasteiger partial charge in [-0.1, -0.05) is 84.9 Å². The molecule has 0 saturated heterocycles. The molecule has 6 aromatic carbocycles. The first-order chi connectivity index (χ1) is 19.7. The van der Waals surface area contributed by atoms with Crippen LogP contribution in [0.25, 0.3) is 84.4 Å². The number of rotatable bonds is 2. The minimum atomic E-state index is 1.26. The molecular weight excluding hydrogens is 523 g/mol. The number of nitrogens with zero attached hydrogens (tertiary/aromatic N) is 1. The van der Waals surface area contributed by atoms with Crippen molar-refractivity contribution in [3.8, 4) is 22.3 Å². The molecule has 0 aliphatic heterocycles. The maximum Gasteiger partial charge on any atom is 0.0503 e. The lowest BCUT2D eigenvalue weighted by molar-refractivity contribution is 1.01. The smallest absolute Gasteiger partial charge is 0.0503 e. The summed E-state index contributed by atoms with van der Waals surface area (Å²) >= 11 is 3.82. The van der Waals surface area contributed by atoms with Gasteiger partial charge in [-0.2, -0.15) is 0 Å². The highest BCUT2D eigenvalue weighted by Crippen LogP contribution is 2.45. The molecule has 0 bridgehead atoms. The fourth-order valence-corrected chi connectivity index (χ4v) is 8.96. The van der Waals surface area contributed by atoms with Crippen LogP contribution in [0.15, 0.2) is 121 Å². The van der Waals surface area contributed by atoms with Crippen LogP contribution in [0.3, 0.4) is 0 Å². The van der Waals surface area contributed by atoms with Gasteiger partial charge in [0.1, 0.15) is 0 Å². The Morgan fingerprint density at radius 1 is 0.450 bits per heavy atom. The third kappa shape index (κ3) is 3.08. The van der Waals surface area contributed by atoms with E-state index >= 15 is 0 Å². The zero-order valence-corrected chi connectivity index (χ0v) is 23.4. The Kier molecular flexibility index (Phi) is 4.63. The molecule has 0 unspecified atom stereocenters. The Bertz CT molecular complexity index is 2440. The fourth-order valence-electron chi connectivity index (χ4n) is 6.48. The normalized spacial score (nSPS) is 12.1. The quantitative estimate of drug-likeness (QED) is 0.204. The van der Waals surface area contributed by atoms with E-state index in [0.717, 1.165) is 0 Å². The van der Waals surface area contributed by atoms with Crippen molar-refractivity contribution in [2.75, 3.05) is 0 Å². The van der Waals surface area contributed by atoms with Crippen LogP contribution < -0.4 is 0 Å². The number of aryl methyl sites for hydroxylation is 1. The van der Waals surface area contributed by atoms with Crippen LogP contribution in [0.5, 0.6) is 0 Å². The van der Waals surface area contributed by atoms with Gasteiger partial charge in [0.2, 0.25) is 0 Å².